The van der Waals surface area contributed by atoms with Crippen molar-refractivity contribution in [1.29, 1.82) is 0 Å². The molecule has 0 atom stereocenters. The lowest BCUT2D eigenvalue weighted by Gasteiger charge is -2.08. The van der Waals surface area contributed by atoms with E-state index in [4.69, 9.17) is 0 Å². The molecular formula is C11H15N3O2. The van der Waals surface area contributed by atoms with Crippen LogP contribution in [0.25, 0.3) is 11.0 Å². The third-order valence-electron chi connectivity index (χ3n) is 3.02. The molecule has 16 heavy (non-hydrogen) atoms. The van der Waals surface area contributed by atoms with Gasteiger partial charge in [0.2, 0.25) is 0 Å². The molecule has 0 saturated heterocycles. The minimum atomic E-state index is -0.287. The summed E-state index contributed by atoms with van der Waals surface area (Å²) in [5.41, 5.74) is 1.18. The van der Waals surface area contributed by atoms with Crippen LogP contribution in [-0.4, -0.2) is 13.7 Å². The Morgan fingerprint density at radius 2 is 1.81 bits per heavy atom. The highest BCUT2D eigenvalue weighted by molar-refractivity contribution is 5.76. The Hall–Kier alpha value is -1.78. The standard InChI is InChI=1S/C11H15N3O2/c1-5-14-7(2)6-8-9(14)12(3)11(16)13(4)10(8)15/h6H,5H2,1-4H3. The molecule has 0 fully saturated rings. The summed E-state index contributed by atoms with van der Waals surface area (Å²) in [6, 6.07) is 1.83. The maximum atomic E-state index is 11.9. The van der Waals surface area contributed by atoms with Crippen molar-refractivity contribution >= 4 is 11.0 Å². The van der Waals surface area contributed by atoms with Crippen LogP contribution in [0.5, 0.6) is 0 Å². The third kappa shape index (κ3) is 1.17. The topological polar surface area (TPSA) is 48.9 Å². The van der Waals surface area contributed by atoms with Gasteiger partial charge in [0.05, 0.1) is 5.39 Å². The van der Waals surface area contributed by atoms with Crippen molar-refractivity contribution in [2.24, 2.45) is 14.1 Å². The largest absolute Gasteiger partial charge is 0.332 e. The molecule has 0 unspecified atom stereocenters. The van der Waals surface area contributed by atoms with E-state index in [1.165, 1.54) is 11.6 Å². The van der Waals surface area contributed by atoms with Gasteiger partial charge in [0.1, 0.15) is 5.65 Å². The average Bonchev–Trinajstić information content (AvgIpc) is 2.60. The van der Waals surface area contributed by atoms with Crippen molar-refractivity contribution in [3.63, 3.8) is 0 Å². The van der Waals surface area contributed by atoms with Gasteiger partial charge in [-0.25, -0.2) is 4.79 Å². The molecule has 5 nitrogen and oxygen atoms in total. The van der Waals surface area contributed by atoms with Gasteiger partial charge in [0.15, 0.2) is 0 Å². The Balaban J connectivity index is 3.15. The van der Waals surface area contributed by atoms with Gasteiger partial charge in [0.25, 0.3) is 5.56 Å². The molecule has 86 valence electrons. The first-order valence-electron chi connectivity index (χ1n) is 5.25. The first-order chi connectivity index (χ1) is 7.49. The molecule has 2 heterocycles. The molecule has 2 aromatic heterocycles. The van der Waals surface area contributed by atoms with Crippen LogP contribution in [0.1, 0.15) is 12.6 Å². The molecule has 0 radical (unpaired) electrons. The van der Waals surface area contributed by atoms with Gasteiger partial charge in [-0.2, -0.15) is 0 Å². The Morgan fingerprint density at radius 1 is 1.19 bits per heavy atom. The fourth-order valence-corrected chi connectivity index (χ4v) is 2.17. The number of rotatable bonds is 1. The lowest BCUT2D eigenvalue weighted by molar-refractivity contribution is 0.675. The van der Waals surface area contributed by atoms with E-state index in [-0.39, 0.29) is 11.2 Å². The second-order valence-corrected chi connectivity index (χ2v) is 3.97. The SMILES string of the molecule is CCn1c(C)cc2c(=O)n(C)c(=O)n(C)c21. The maximum Gasteiger partial charge on any atom is 0.332 e. The van der Waals surface area contributed by atoms with Crippen LogP contribution >= 0.6 is 0 Å². The number of aromatic nitrogens is 3. The molecule has 0 saturated carbocycles. The normalized spacial score (nSPS) is 11.2. The van der Waals surface area contributed by atoms with Gasteiger partial charge in [-0.1, -0.05) is 0 Å². The second-order valence-electron chi connectivity index (χ2n) is 3.97. The molecule has 0 aliphatic carbocycles. The Labute approximate surface area is 92.5 Å². The Bertz CT molecular complexity index is 673. The molecule has 0 aliphatic heterocycles. The zero-order chi connectivity index (χ0) is 12.0. The summed E-state index contributed by atoms with van der Waals surface area (Å²) in [7, 11) is 3.19. The summed E-state index contributed by atoms with van der Waals surface area (Å²) in [6.07, 6.45) is 0. The Kier molecular flexibility index (Phi) is 2.26. The molecule has 0 aromatic carbocycles. The molecule has 0 aliphatic rings. The fraction of sp³-hybridized carbons (Fsp3) is 0.455. The molecule has 0 amide bonds. The summed E-state index contributed by atoms with van der Waals surface area (Å²) in [5, 5.41) is 0.601. The highest BCUT2D eigenvalue weighted by Gasteiger charge is 2.13. The van der Waals surface area contributed by atoms with E-state index in [9.17, 15) is 9.59 Å². The van der Waals surface area contributed by atoms with Crippen molar-refractivity contribution < 1.29 is 0 Å². The van der Waals surface area contributed by atoms with Crippen molar-refractivity contribution in [2.45, 2.75) is 20.4 Å². The second kappa shape index (κ2) is 3.37. The first kappa shape index (κ1) is 10.7. The Morgan fingerprint density at radius 3 is 2.38 bits per heavy atom. The number of hydrogen-bond donors (Lipinski definition) is 0. The van der Waals surface area contributed by atoms with Gasteiger partial charge >= 0.3 is 5.69 Å². The van der Waals surface area contributed by atoms with Crippen LogP contribution in [0.3, 0.4) is 0 Å². The average molecular weight is 221 g/mol. The maximum absolute atomic E-state index is 11.9. The van der Waals surface area contributed by atoms with Crippen molar-refractivity contribution in [1.82, 2.24) is 13.7 Å². The molecular weight excluding hydrogens is 206 g/mol. The van der Waals surface area contributed by atoms with Gasteiger partial charge in [-0.3, -0.25) is 13.9 Å². The first-order valence-corrected chi connectivity index (χ1v) is 5.25. The summed E-state index contributed by atoms with van der Waals surface area (Å²) in [6.45, 7) is 4.68. The molecule has 0 N–H and O–H groups in total. The van der Waals surface area contributed by atoms with Crippen molar-refractivity contribution in [2.75, 3.05) is 0 Å². The minimum absolute atomic E-state index is 0.228. The van der Waals surface area contributed by atoms with Crippen LogP contribution in [0.15, 0.2) is 15.7 Å². The predicted octanol–water partition coefficient (Wildman–Crippen LogP) is 0.367. The van der Waals surface area contributed by atoms with E-state index in [2.05, 4.69) is 0 Å². The zero-order valence-electron chi connectivity index (χ0n) is 9.94. The quantitative estimate of drug-likeness (QED) is 0.698. The highest BCUT2D eigenvalue weighted by atomic mass is 16.2. The summed E-state index contributed by atoms with van der Waals surface area (Å²) in [5.74, 6) is 0. The van der Waals surface area contributed by atoms with E-state index < -0.39 is 0 Å². The lowest BCUT2D eigenvalue weighted by atomic mass is 10.4. The molecule has 0 spiro atoms. The van der Waals surface area contributed by atoms with Crippen molar-refractivity contribution in [3.8, 4) is 0 Å². The van der Waals surface area contributed by atoms with Gasteiger partial charge in [-0.05, 0) is 19.9 Å². The summed E-state index contributed by atoms with van der Waals surface area (Å²) >= 11 is 0. The highest BCUT2D eigenvalue weighted by Crippen LogP contribution is 2.13. The van der Waals surface area contributed by atoms with Gasteiger partial charge < -0.3 is 4.57 Å². The summed E-state index contributed by atoms with van der Waals surface area (Å²) in [4.78, 5) is 23.7. The van der Waals surface area contributed by atoms with Crippen molar-refractivity contribution in [3.05, 3.63) is 32.6 Å². The van der Waals surface area contributed by atoms with E-state index >= 15 is 0 Å². The van der Waals surface area contributed by atoms with E-state index in [1.54, 1.807) is 7.05 Å². The van der Waals surface area contributed by atoms with Crippen LogP contribution in [-0.2, 0) is 20.6 Å². The van der Waals surface area contributed by atoms with Gasteiger partial charge in [-0.15, -0.1) is 0 Å². The third-order valence-corrected chi connectivity index (χ3v) is 3.02. The lowest BCUT2D eigenvalue weighted by Crippen LogP contribution is -2.37. The number of hydrogen-bond acceptors (Lipinski definition) is 2. The van der Waals surface area contributed by atoms with Crippen LogP contribution < -0.4 is 11.2 Å². The molecule has 2 aromatic rings. The van der Waals surface area contributed by atoms with Crippen LogP contribution in [0.2, 0.25) is 0 Å². The van der Waals surface area contributed by atoms with E-state index in [0.717, 1.165) is 16.8 Å². The number of fused-ring (bicyclic) bond motifs is 1. The van der Waals surface area contributed by atoms with Crippen LogP contribution in [0, 0.1) is 6.92 Å². The predicted molar refractivity (Wildman–Crippen MR) is 62.8 cm³/mol. The summed E-state index contributed by atoms with van der Waals surface area (Å²) < 4.78 is 4.63. The molecule has 0 bridgehead atoms. The van der Waals surface area contributed by atoms with E-state index in [0.29, 0.717) is 11.0 Å². The zero-order valence-corrected chi connectivity index (χ0v) is 9.94. The molecule has 2 rings (SSSR count). The number of aryl methyl sites for hydroxylation is 3. The molecule has 5 heteroatoms. The van der Waals surface area contributed by atoms with Crippen LogP contribution in [0.4, 0.5) is 0 Å². The monoisotopic (exact) mass is 221 g/mol. The van der Waals surface area contributed by atoms with E-state index in [1.807, 2.05) is 24.5 Å². The van der Waals surface area contributed by atoms with Gasteiger partial charge in [0, 0.05) is 26.3 Å². The fourth-order valence-electron chi connectivity index (χ4n) is 2.17. The smallest absolute Gasteiger partial charge is 0.331 e. The minimum Gasteiger partial charge on any atom is -0.331 e. The number of nitrogens with zero attached hydrogens (tertiary/aromatic N) is 3.